The summed E-state index contributed by atoms with van der Waals surface area (Å²) >= 11 is 0. The van der Waals surface area contributed by atoms with E-state index in [0.29, 0.717) is 26.2 Å². The lowest BCUT2D eigenvalue weighted by Gasteiger charge is -2.33. The van der Waals surface area contributed by atoms with E-state index in [1.54, 1.807) is 0 Å². The number of hydrogen-bond acceptors (Lipinski definition) is 3. The minimum atomic E-state index is -3.27. The van der Waals surface area contributed by atoms with Crippen molar-refractivity contribution in [3.05, 3.63) is 0 Å². The van der Waals surface area contributed by atoms with Crippen LogP contribution in [0, 0.1) is 0 Å². The fraction of sp³-hybridized carbons (Fsp3) is 1.00. The molecule has 1 saturated heterocycles. The fourth-order valence-electron chi connectivity index (χ4n) is 1.90. The van der Waals surface area contributed by atoms with Crippen LogP contribution in [0.4, 0.5) is 0 Å². The van der Waals surface area contributed by atoms with E-state index < -0.39 is 10.2 Å². The molecule has 0 aliphatic carbocycles. The Kier molecular flexibility index (Phi) is 4.51. The van der Waals surface area contributed by atoms with Crippen LogP contribution in [0.15, 0.2) is 0 Å². The summed E-state index contributed by atoms with van der Waals surface area (Å²) in [5.41, 5.74) is 5.78. The van der Waals surface area contributed by atoms with Crippen molar-refractivity contribution in [2.45, 2.75) is 32.7 Å². The summed E-state index contributed by atoms with van der Waals surface area (Å²) in [5.74, 6) is 0. The summed E-state index contributed by atoms with van der Waals surface area (Å²) in [6.45, 7) is 5.80. The molecule has 1 aliphatic heterocycles. The second kappa shape index (κ2) is 5.25. The molecule has 5 nitrogen and oxygen atoms in total. The molecular weight excluding hydrogens is 214 g/mol. The van der Waals surface area contributed by atoms with Gasteiger partial charge in [0, 0.05) is 32.2 Å². The predicted molar refractivity (Wildman–Crippen MR) is 60.6 cm³/mol. The maximum atomic E-state index is 12.1. The molecule has 0 aromatic carbocycles. The topological polar surface area (TPSA) is 66.6 Å². The van der Waals surface area contributed by atoms with E-state index >= 15 is 0 Å². The Morgan fingerprint density at radius 1 is 1.40 bits per heavy atom. The van der Waals surface area contributed by atoms with Crippen molar-refractivity contribution in [3.8, 4) is 0 Å². The first-order chi connectivity index (χ1) is 7.02. The summed E-state index contributed by atoms with van der Waals surface area (Å²) in [6, 6.07) is -0.0101. The lowest BCUT2D eigenvalue weighted by molar-refractivity contribution is 0.288. The Labute approximate surface area is 92.4 Å². The Balaban J connectivity index is 2.75. The molecule has 90 valence electrons. The maximum absolute atomic E-state index is 12.1. The largest absolute Gasteiger partial charge is 0.327 e. The molecule has 1 atom stereocenters. The van der Waals surface area contributed by atoms with Crippen molar-refractivity contribution in [2.75, 3.05) is 26.2 Å². The van der Waals surface area contributed by atoms with E-state index in [1.165, 1.54) is 8.61 Å². The van der Waals surface area contributed by atoms with Gasteiger partial charge in [-0.25, -0.2) is 0 Å². The normalized spacial score (nSPS) is 24.7. The minimum absolute atomic E-state index is 0.0101. The molecule has 1 aliphatic rings. The molecule has 0 radical (unpaired) electrons. The fourth-order valence-corrected chi connectivity index (χ4v) is 3.62. The molecule has 0 aromatic rings. The third-order valence-corrected chi connectivity index (χ3v) is 4.93. The average molecular weight is 235 g/mol. The van der Waals surface area contributed by atoms with Crippen LogP contribution < -0.4 is 5.73 Å². The number of rotatable bonds is 4. The van der Waals surface area contributed by atoms with Crippen molar-refractivity contribution in [1.82, 2.24) is 8.61 Å². The molecule has 1 fully saturated rings. The van der Waals surface area contributed by atoms with Crippen LogP contribution in [0.1, 0.15) is 26.7 Å². The third-order valence-electron chi connectivity index (χ3n) is 2.78. The van der Waals surface area contributed by atoms with Crippen LogP contribution in [0.3, 0.4) is 0 Å². The van der Waals surface area contributed by atoms with Gasteiger partial charge in [-0.05, 0) is 12.8 Å². The van der Waals surface area contributed by atoms with Crippen LogP contribution in [-0.2, 0) is 10.2 Å². The monoisotopic (exact) mass is 235 g/mol. The van der Waals surface area contributed by atoms with Crippen LogP contribution >= 0.6 is 0 Å². The van der Waals surface area contributed by atoms with Crippen LogP contribution in [0.5, 0.6) is 0 Å². The zero-order valence-corrected chi connectivity index (χ0v) is 10.3. The molecule has 2 N–H and O–H groups in total. The number of nitrogens with two attached hydrogens (primary N) is 1. The van der Waals surface area contributed by atoms with E-state index in [-0.39, 0.29) is 6.04 Å². The average Bonchev–Trinajstić information content (AvgIpc) is 2.19. The summed E-state index contributed by atoms with van der Waals surface area (Å²) in [7, 11) is -3.27. The lowest BCUT2D eigenvalue weighted by Crippen LogP contribution is -2.51. The second-order valence-corrected chi connectivity index (χ2v) is 5.78. The first-order valence-electron chi connectivity index (χ1n) is 5.53. The molecule has 0 amide bonds. The van der Waals surface area contributed by atoms with Gasteiger partial charge in [-0.2, -0.15) is 17.0 Å². The van der Waals surface area contributed by atoms with E-state index in [9.17, 15) is 8.42 Å². The van der Waals surface area contributed by atoms with Gasteiger partial charge in [0.15, 0.2) is 0 Å². The second-order valence-electron chi connectivity index (χ2n) is 3.85. The highest BCUT2D eigenvalue weighted by Crippen LogP contribution is 2.15. The van der Waals surface area contributed by atoms with Gasteiger partial charge in [0.05, 0.1) is 0 Å². The van der Waals surface area contributed by atoms with Gasteiger partial charge in [-0.1, -0.05) is 13.8 Å². The van der Waals surface area contributed by atoms with Crippen molar-refractivity contribution in [2.24, 2.45) is 5.73 Å². The van der Waals surface area contributed by atoms with E-state index in [2.05, 4.69) is 0 Å². The van der Waals surface area contributed by atoms with Gasteiger partial charge < -0.3 is 5.73 Å². The van der Waals surface area contributed by atoms with Crippen molar-refractivity contribution < 1.29 is 8.42 Å². The molecule has 0 spiro atoms. The molecule has 0 bridgehead atoms. The molecular formula is C9H21N3O2S. The first-order valence-corrected chi connectivity index (χ1v) is 6.92. The van der Waals surface area contributed by atoms with Gasteiger partial charge in [-0.15, -0.1) is 0 Å². The van der Waals surface area contributed by atoms with E-state index in [1.807, 2.05) is 13.8 Å². The first kappa shape index (κ1) is 12.9. The Bertz CT molecular complexity index is 288. The minimum Gasteiger partial charge on any atom is -0.327 e. The molecule has 15 heavy (non-hydrogen) atoms. The van der Waals surface area contributed by atoms with Gasteiger partial charge in [0.2, 0.25) is 0 Å². The Morgan fingerprint density at radius 3 is 2.47 bits per heavy atom. The van der Waals surface area contributed by atoms with Gasteiger partial charge >= 0.3 is 0 Å². The molecule has 6 heteroatoms. The van der Waals surface area contributed by atoms with Crippen LogP contribution in [0.25, 0.3) is 0 Å². The molecule has 1 heterocycles. The van der Waals surface area contributed by atoms with Crippen LogP contribution in [0.2, 0.25) is 0 Å². The van der Waals surface area contributed by atoms with E-state index in [0.717, 1.165) is 12.8 Å². The predicted octanol–water partition coefficient (Wildman–Crippen LogP) is -0.00390. The Morgan fingerprint density at radius 2 is 2.00 bits per heavy atom. The molecule has 0 aromatic heterocycles. The number of hydrogen-bond donors (Lipinski definition) is 1. The maximum Gasteiger partial charge on any atom is 0.282 e. The van der Waals surface area contributed by atoms with Crippen molar-refractivity contribution >= 4 is 10.2 Å². The Hall–Kier alpha value is -0.170. The van der Waals surface area contributed by atoms with E-state index in [4.69, 9.17) is 5.73 Å². The molecule has 1 rings (SSSR count). The molecule has 0 saturated carbocycles. The summed E-state index contributed by atoms with van der Waals surface area (Å²) in [5, 5.41) is 0. The zero-order valence-electron chi connectivity index (χ0n) is 9.52. The quantitative estimate of drug-likeness (QED) is 0.745. The highest BCUT2D eigenvalue weighted by Gasteiger charge is 2.30. The summed E-state index contributed by atoms with van der Waals surface area (Å²) < 4.78 is 27.2. The number of piperidine rings is 1. The third kappa shape index (κ3) is 2.90. The van der Waals surface area contributed by atoms with Crippen molar-refractivity contribution in [3.63, 3.8) is 0 Å². The molecule has 0 unspecified atom stereocenters. The van der Waals surface area contributed by atoms with Gasteiger partial charge in [0.1, 0.15) is 0 Å². The summed E-state index contributed by atoms with van der Waals surface area (Å²) in [4.78, 5) is 0. The standard InChI is InChI=1S/C9H21N3O2S/c1-3-11(4-2)15(13,14)12-7-5-6-9(10)8-12/h9H,3-8,10H2,1-2H3/t9-/m1/s1. The number of nitrogens with zero attached hydrogens (tertiary/aromatic N) is 2. The zero-order chi connectivity index (χ0) is 11.5. The smallest absolute Gasteiger partial charge is 0.282 e. The van der Waals surface area contributed by atoms with Crippen molar-refractivity contribution in [1.29, 1.82) is 0 Å². The van der Waals surface area contributed by atoms with Gasteiger partial charge in [0.25, 0.3) is 10.2 Å². The highest BCUT2D eigenvalue weighted by molar-refractivity contribution is 7.86. The SMILES string of the molecule is CCN(CC)S(=O)(=O)N1CCC[C@@H](N)C1. The van der Waals surface area contributed by atoms with Gasteiger partial charge in [-0.3, -0.25) is 0 Å². The highest BCUT2D eigenvalue weighted by atomic mass is 32.2. The summed E-state index contributed by atoms with van der Waals surface area (Å²) in [6.07, 6.45) is 1.78. The lowest BCUT2D eigenvalue weighted by atomic mass is 10.1. The van der Waals surface area contributed by atoms with Crippen LogP contribution in [-0.4, -0.2) is 49.2 Å².